The Hall–Kier alpha value is -2.63. The van der Waals surface area contributed by atoms with Crippen LogP contribution >= 0.6 is 0 Å². The molecule has 26 heavy (non-hydrogen) atoms. The van der Waals surface area contributed by atoms with Gasteiger partial charge in [-0.15, -0.1) is 0 Å². The number of hydrogen-bond acceptors (Lipinski definition) is 4. The molecule has 0 aromatic heterocycles. The Morgan fingerprint density at radius 1 is 1.19 bits per heavy atom. The lowest BCUT2D eigenvalue weighted by atomic mass is 9.85. The van der Waals surface area contributed by atoms with Crippen LogP contribution in [0.4, 0.5) is 16.2 Å². The van der Waals surface area contributed by atoms with E-state index in [0.717, 1.165) is 6.42 Å². The zero-order valence-electron chi connectivity index (χ0n) is 14.8. The summed E-state index contributed by atoms with van der Waals surface area (Å²) in [5.74, 6) is -0.115. The number of ether oxygens (including phenoxy) is 1. The number of amides is 3. The lowest BCUT2D eigenvalue weighted by Gasteiger charge is -2.18. The average Bonchev–Trinajstić information content (AvgIpc) is 3.27. The fraction of sp³-hybridized carbons (Fsp3) is 0.450. The molecule has 1 N–H and O–H groups in total. The second-order valence-electron chi connectivity index (χ2n) is 7.68. The summed E-state index contributed by atoms with van der Waals surface area (Å²) in [4.78, 5) is 38.8. The summed E-state index contributed by atoms with van der Waals surface area (Å²) >= 11 is 0. The highest BCUT2D eigenvalue weighted by atomic mass is 16.5. The van der Waals surface area contributed by atoms with Crippen molar-refractivity contribution < 1.29 is 19.1 Å². The third-order valence-electron chi connectivity index (χ3n) is 5.37. The quantitative estimate of drug-likeness (QED) is 0.665. The van der Waals surface area contributed by atoms with Crippen molar-refractivity contribution in [2.24, 2.45) is 29.6 Å². The summed E-state index contributed by atoms with van der Waals surface area (Å²) in [5.41, 5.74) is 0.991. The van der Waals surface area contributed by atoms with E-state index in [1.807, 2.05) is 13.8 Å². The van der Waals surface area contributed by atoms with Gasteiger partial charge in [0.25, 0.3) is 0 Å². The number of imide groups is 1. The molecule has 2 bridgehead atoms. The number of fused-ring (bicyclic) bond motifs is 5. The molecule has 1 aliphatic heterocycles. The van der Waals surface area contributed by atoms with Gasteiger partial charge in [0.05, 0.1) is 24.1 Å². The predicted octanol–water partition coefficient (Wildman–Crippen LogP) is 3.20. The molecule has 136 valence electrons. The van der Waals surface area contributed by atoms with E-state index >= 15 is 0 Å². The van der Waals surface area contributed by atoms with Gasteiger partial charge in [-0.2, -0.15) is 0 Å². The minimum absolute atomic E-state index is 0.128. The van der Waals surface area contributed by atoms with Crippen LogP contribution in [0.15, 0.2) is 36.4 Å². The first kappa shape index (κ1) is 16.8. The molecule has 1 heterocycles. The van der Waals surface area contributed by atoms with Crippen molar-refractivity contribution in [3.63, 3.8) is 0 Å². The topological polar surface area (TPSA) is 75.7 Å². The molecule has 4 atom stereocenters. The number of anilines is 2. The molecule has 4 rings (SSSR count). The summed E-state index contributed by atoms with van der Waals surface area (Å²) < 4.78 is 5.11. The number of benzene rings is 1. The van der Waals surface area contributed by atoms with Gasteiger partial charge in [0.2, 0.25) is 11.8 Å². The van der Waals surface area contributed by atoms with Crippen LogP contribution in [0.1, 0.15) is 20.3 Å². The fourth-order valence-electron chi connectivity index (χ4n) is 4.28. The highest BCUT2D eigenvalue weighted by Crippen LogP contribution is 2.53. The second kappa shape index (κ2) is 6.27. The fourth-order valence-corrected chi connectivity index (χ4v) is 4.28. The van der Waals surface area contributed by atoms with Gasteiger partial charge < -0.3 is 4.74 Å². The van der Waals surface area contributed by atoms with Crippen molar-refractivity contribution >= 4 is 29.3 Å². The van der Waals surface area contributed by atoms with E-state index in [-0.39, 0.29) is 41.4 Å². The average molecular weight is 354 g/mol. The summed E-state index contributed by atoms with van der Waals surface area (Å²) in [7, 11) is 0. The Morgan fingerprint density at radius 3 is 2.46 bits per heavy atom. The molecule has 6 nitrogen and oxygen atoms in total. The number of nitrogens with zero attached hydrogens (tertiary/aromatic N) is 1. The van der Waals surface area contributed by atoms with E-state index < -0.39 is 6.09 Å². The normalized spacial score (nSPS) is 28.8. The number of allylic oxidation sites excluding steroid dienone is 2. The zero-order valence-corrected chi connectivity index (χ0v) is 14.8. The maximum Gasteiger partial charge on any atom is 0.411 e. The minimum Gasteiger partial charge on any atom is -0.449 e. The summed E-state index contributed by atoms with van der Waals surface area (Å²) in [6, 6.07) is 6.78. The molecule has 3 aliphatic rings. The van der Waals surface area contributed by atoms with Crippen molar-refractivity contribution in [2.45, 2.75) is 20.3 Å². The Kier molecular flexibility index (Phi) is 4.05. The lowest BCUT2D eigenvalue weighted by molar-refractivity contribution is -0.123. The third kappa shape index (κ3) is 2.69. The zero-order chi connectivity index (χ0) is 18.4. The standard InChI is InChI=1S/C20H22N2O4/c1-11(2)10-26-20(25)21-14-4-3-5-15(9-14)22-18(23)16-12-6-7-13(8-12)17(16)19(22)24/h3-7,9,11-13,16-17H,8,10H2,1-2H3,(H,21,25)/t12-,13-,16+,17+/m0/s1. The molecule has 1 aromatic rings. The first-order valence-electron chi connectivity index (χ1n) is 9.05. The highest BCUT2D eigenvalue weighted by Gasteiger charge is 2.59. The molecule has 1 saturated carbocycles. The van der Waals surface area contributed by atoms with E-state index in [4.69, 9.17) is 4.74 Å². The Balaban J connectivity index is 1.51. The third-order valence-corrected chi connectivity index (χ3v) is 5.37. The van der Waals surface area contributed by atoms with Crippen LogP contribution in [0.5, 0.6) is 0 Å². The maximum atomic E-state index is 12.9. The molecule has 0 spiro atoms. The van der Waals surface area contributed by atoms with E-state index in [2.05, 4.69) is 17.5 Å². The smallest absolute Gasteiger partial charge is 0.411 e. The van der Waals surface area contributed by atoms with Crippen LogP contribution in [0.2, 0.25) is 0 Å². The SMILES string of the molecule is CC(C)COC(=O)Nc1cccc(N2C(=O)[C@H]3[C@H](C2=O)[C@H]2C=C[C@H]3C2)c1. The first-order valence-corrected chi connectivity index (χ1v) is 9.05. The van der Waals surface area contributed by atoms with Crippen molar-refractivity contribution in [2.75, 3.05) is 16.8 Å². The lowest BCUT2D eigenvalue weighted by Crippen LogP contribution is -2.32. The van der Waals surface area contributed by atoms with Crippen molar-refractivity contribution in [1.82, 2.24) is 0 Å². The van der Waals surface area contributed by atoms with Gasteiger partial charge in [-0.05, 0) is 42.4 Å². The summed E-state index contributed by atoms with van der Waals surface area (Å²) in [6.45, 7) is 4.24. The Labute approximate surface area is 152 Å². The van der Waals surface area contributed by atoms with E-state index in [1.54, 1.807) is 24.3 Å². The van der Waals surface area contributed by atoms with Gasteiger partial charge >= 0.3 is 6.09 Å². The van der Waals surface area contributed by atoms with Crippen LogP contribution in [-0.2, 0) is 14.3 Å². The van der Waals surface area contributed by atoms with Crippen molar-refractivity contribution in [1.29, 1.82) is 0 Å². The summed E-state index contributed by atoms with van der Waals surface area (Å²) in [6.07, 6.45) is 4.50. The molecule has 2 fully saturated rings. The van der Waals surface area contributed by atoms with Crippen LogP contribution in [0, 0.1) is 29.6 Å². The van der Waals surface area contributed by atoms with Gasteiger partial charge in [-0.1, -0.05) is 32.1 Å². The first-order chi connectivity index (χ1) is 12.5. The largest absolute Gasteiger partial charge is 0.449 e. The Morgan fingerprint density at radius 2 is 1.85 bits per heavy atom. The van der Waals surface area contributed by atoms with Crippen molar-refractivity contribution in [3.8, 4) is 0 Å². The molecular formula is C20H22N2O4. The number of carbonyl (C=O) groups excluding carboxylic acids is 3. The van der Waals surface area contributed by atoms with Crippen LogP contribution in [0.25, 0.3) is 0 Å². The summed E-state index contributed by atoms with van der Waals surface area (Å²) in [5, 5.41) is 2.65. The molecule has 2 aliphatic carbocycles. The van der Waals surface area contributed by atoms with Gasteiger partial charge in [-0.25, -0.2) is 9.69 Å². The van der Waals surface area contributed by atoms with Gasteiger partial charge in [-0.3, -0.25) is 14.9 Å². The number of hydrogen-bond donors (Lipinski definition) is 1. The molecule has 3 amide bonds. The molecule has 0 radical (unpaired) electrons. The number of carbonyl (C=O) groups is 3. The second-order valence-corrected chi connectivity index (χ2v) is 7.68. The molecule has 1 aromatic carbocycles. The monoisotopic (exact) mass is 354 g/mol. The molecule has 6 heteroatoms. The van der Waals surface area contributed by atoms with Gasteiger partial charge in [0, 0.05) is 5.69 Å². The van der Waals surface area contributed by atoms with E-state index in [9.17, 15) is 14.4 Å². The molecule has 1 saturated heterocycles. The van der Waals surface area contributed by atoms with Crippen LogP contribution < -0.4 is 10.2 Å². The number of nitrogens with one attached hydrogen (secondary N) is 1. The van der Waals surface area contributed by atoms with E-state index in [0.29, 0.717) is 18.0 Å². The van der Waals surface area contributed by atoms with Gasteiger partial charge in [0.15, 0.2) is 0 Å². The predicted molar refractivity (Wildman–Crippen MR) is 96.5 cm³/mol. The highest BCUT2D eigenvalue weighted by molar-refractivity contribution is 6.23. The van der Waals surface area contributed by atoms with Crippen molar-refractivity contribution in [3.05, 3.63) is 36.4 Å². The van der Waals surface area contributed by atoms with Crippen LogP contribution in [0.3, 0.4) is 0 Å². The Bertz CT molecular complexity index is 771. The number of rotatable bonds is 4. The van der Waals surface area contributed by atoms with E-state index in [1.165, 1.54) is 4.90 Å². The van der Waals surface area contributed by atoms with Crippen LogP contribution in [-0.4, -0.2) is 24.5 Å². The molecule has 0 unspecified atom stereocenters. The minimum atomic E-state index is -0.547. The maximum absolute atomic E-state index is 12.9. The molecular weight excluding hydrogens is 332 g/mol. The van der Waals surface area contributed by atoms with Gasteiger partial charge in [0.1, 0.15) is 0 Å².